The summed E-state index contributed by atoms with van der Waals surface area (Å²) in [6.45, 7) is 9.34. The highest BCUT2D eigenvalue weighted by Gasteiger charge is 2.23. The highest BCUT2D eigenvalue weighted by Crippen LogP contribution is 2.27. The van der Waals surface area contributed by atoms with Crippen molar-refractivity contribution in [1.82, 2.24) is 9.88 Å². The van der Waals surface area contributed by atoms with E-state index in [9.17, 15) is 4.79 Å². The van der Waals surface area contributed by atoms with Crippen LogP contribution >= 0.6 is 23.2 Å². The number of anilines is 3. The molecule has 172 valence electrons. The van der Waals surface area contributed by atoms with Crippen LogP contribution in [0.5, 0.6) is 0 Å². The quantitative estimate of drug-likeness (QED) is 0.707. The Bertz CT molecular complexity index is 924. The largest absolute Gasteiger partial charge is 0.372 e. The Morgan fingerprint density at radius 3 is 2.34 bits per heavy atom. The Kier molecular flexibility index (Phi) is 7.40. The average Bonchev–Trinajstić information content (AvgIpc) is 2.74. The van der Waals surface area contributed by atoms with Crippen molar-refractivity contribution in [2.45, 2.75) is 26.1 Å². The summed E-state index contributed by atoms with van der Waals surface area (Å²) < 4.78 is 5.81. The van der Waals surface area contributed by atoms with Gasteiger partial charge < -0.3 is 19.9 Å². The Morgan fingerprint density at radius 1 is 1.06 bits per heavy atom. The van der Waals surface area contributed by atoms with Gasteiger partial charge in [0, 0.05) is 56.8 Å². The molecule has 2 saturated heterocycles. The van der Waals surface area contributed by atoms with Crippen LogP contribution < -0.4 is 15.1 Å². The zero-order valence-electron chi connectivity index (χ0n) is 18.4. The second-order valence-corrected chi connectivity index (χ2v) is 9.32. The van der Waals surface area contributed by atoms with Gasteiger partial charge in [-0.05, 0) is 44.2 Å². The molecule has 1 N–H and O–H groups in total. The number of pyridine rings is 1. The van der Waals surface area contributed by atoms with Crippen LogP contribution in [0, 0.1) is 0 Å². The number of carbonyl (C=O) groups is 1. The number of benzene rings is 1. The number of hydrogen-bond acceptors (Lipinski definition) is 6. The number of rotatable bonds is 5. The first-order valence-corrected chi connectivity index (χ1v) is 11.7. The Labute approximate surface area is 199 Å². The van der Waals surface area contributed by atoms with Crippen LogP contribution in [-0.2, 0) is 9.53 Å². The lowest BCUT2D eigenvalue weighted by molar-refractivity contribution is -0.117. The van der Waals surface area contributed by atoms with E-state index < -0.39 is 0 Å². The molecule has 2 aromatic rings. The minimum atomic E-state index is -0.0116. The Hall–Kier alpha value is -2.06. The number of hydrogen-bond donors (Lipinski definition) is 1. The number of morpholine rings is 1. The van der Waals surface area contributed by atoms with Crippen LogP contribution in [0.1, 0.15) is 13.8 Å². The van der Waals surface area contributed by atoms with Gasteiger partial charge in [0.1, 0.15) is 5.82 Å². The van der Waals surface area contributed by atoms with Crippen molar-refractivity contribution >= 4 is 46.3 Å². The molecule has 1 aromatic carbocycles. The van der Waals surface area contributed by atoms with Crippen LogP contribution in [-0.4, -0.2) is 73.8 Å². The first-order valence-electron chi connectivity index (χ1n) is 11.0. The fourth-order valence-electron chi connectivity index (χ4n) is 4.31. The van der Waals surface area contributed by atoms with Gasteiger partial charge in [-0.25, -0.2) is 4.98 Å². The summed E-state index contributed by atoms with van der Waals surface area (Å²) in [4.78, 5) is 23.5. The third-order valence-electron chi connectivity index (χ3n) is 5.76. The molecule has 0 aliphatic carbocycles. The molecule has 0 radical (unpaired) electrons. The fraction of sp³-hybridized carbons (Fsp3) is 0.478. The lowest BCUT2D eigenvalue weighted by atomic mass is 10.2. The number of halogens is 2. The molecule has 2 aliphatic heterocycles. The van der Waals surface area contributed by atoms with Gasteiger partial charge in [0.25, 0.3) is 0 Å². The molecule has 9 heteroatoms. The standard InChI is InChI=1S/C23H29Cl2N5O2/c1-16-13-30(14-17(2)32-16)20-5-3-19(4-6-20)27-22(31)15-28-7-9-29(10-8-28)23-21(25)11-18(24)12-26-23/h3-6,11-12,16-17H,7-10,13-15H2,1-2H3,(H,27,31). The third-order valence-corrected chi connectivity index (χ3v) is 6.25. The molecule has 0 bridgehead atoms. The summed E-state index contributed by atoms with van der Waals surface area (Å²) in [5, 5.41) is 4.08. The van der Waals surface area contributed by atoms with Gasteiger partial charge >= 0.3 is 0 Å². The highest BCUT2D eigenvalue weighted by atomic mass is 35.5. The lowest BCUT2D eigenvalue weighted by Gasteiger charge is -2.37. The number of piperazine rings is 1. The number of aromatic nitrogens is 1. The van der Waals surface area contributed by atoms with Gasteiger partial charge in [-0.2, -0.15) is 0 Å². The molecule has 2 atom stereocenters. The van der Waals surface area contributed by atoms with E-state index >= 15 is 0 Å². The Morgan fingerprint density at radius 2 is 1.72 bits per heavy atom. The van der Waals surface area contributed by atoms with E-state index in [1.165, 1.54) is 0 Å². The maximum absolute atomic E-state index is 12.6. The van der Waals surface area contributed by atoms with Crippen molar-refractivity contribution in [3.05, 3.63) is 46.6 Å². The SMILES string of the molecule is CC1CN(c2ccc(NC(=O)CN3CCN(c4ncc(Cl)cc4Cl)CC3)cc2)CC(C)O1. The fourth-order valence-corrected chi connectivity index (χ4v) is 4.81. The normalized spacial score (nSPS) is 22.1. The van der Waals surface area contributed by atoms with Gasteiger partial charge in [-0.3, -0.25) is 9.69 Å². The maximum Gasteiger partial charge on any atom is 0.238 e. The second kappa shape index (κ2) is 10.3. The summed E-state index contributed by atoms with van der Waals surface area (Å²) >= 11 is 12.2. The van der Waals surface area contributed by atoms with Gasteiger partial charge in [0.05, 0.1) is 28.8 Å². The monoisotopic (exact) mass is 477 g/mol. The number of ether oxygens (including phenoxy) is 1. The van der Waals surface area contributed by atoms with Crippen LogP contribution in [0.15, 0.2) is 36.5 Å². The minimum absolute atomic E-state index is 0.0116. The highest BCUT2D eigenvalue weighted by molar-refractivity contribution is 6.36. The van der Waals surface area contributed by atoms with E-state index in [1.807, 2.05) is 12.1 Å². The molecule has 32 heavy (non-hydrogen) atoms. The van der Waals surface area contributed by atoms with Crippen molar-refractivity contribution in [3.63, 3.8) is 0 Å². The molecule has 3 heterocycles. The molecule has 7 nitrogen and oxygen atoms in total. The summed E-state index contributed by atoms with van der Waals surface area (Å²) in [5.74, 6) is 0.729. The molecule has 2 unspecified atom stereocenters. The molecule has 2 fully saturated rings. The van der Waals surface area contributed by atoms with E-state index in [4.69, 9.17) is 27.9 Å². The van der Waals surface area contributed by atoms with E-state index in [1.54, 1.807) is 12.3 Å². The van der Waals surface area contributed by atoms with Gasteiger partial charge in [0.15, 0.2) is 0 Å². The maximum atomic E-state index is 12.6. The topological polar surface area (TPSA) is 60.9 Å². The van der Waals surface area contributed by atoms with Crippen molar-refractivity contribution < 1.29 is 9.53 Å². The third kappa shape index (κ3) is 5.84. The molecule has 0 spiro atoms. The van der Waals surface area contributed by atoms with Gasteiger partial charge in [-0.15, -0.1) is 0 Å². The van der Waals surface area contributed by atoms with Crippen molar-refractivity contribution in [1.29, 1.82) is 0 Å². The van der Waals surface area contributed by atoms with Crippen LogP contribution in [0.3, 0.4) is 0 Å². The van der Waals surface area contributed by atoms with Crippen LogP contribution in [0.4, 0.5) is 17.2 Å². The van der Waals surface area contributed by atoms with Crippen molar-refractivity contribution in [3.8, 4) is 0 Å². The van der Waals surface area contributed by atoms with E-state index in [-0.39, 0.29) is 18.1 Å². The molecular weight excluding hydrogens is 449 g/mol. The summed E-state index contributed by atoms with van der Waals surface area (Å²) in [5.41, 5.74) is 1.96. The first-order chi connectivity index (χ1) is 15.4. The zero-order chi connectivity index (χ0) is 22.7. The first kappa shape index (κ1) is 23.1. The molecule has 1 aromatic heterocycles. The van der Waals surface area contributed by atoms with E-state index in [0.29, 0.717) is 16.6 Å². The van der Waals surface area contributed by atoms with Crippen LogP contribution in [0.2, 0.25) is 10.0 Å². The van der Waals surface area contributed by atoms with Gasteiger partial charge in [0.2, 0.25) is 5.91 Å². The number of nitrogens with zero attached hydrogens (tertiary/aromatic N) is 4. The Balaban J connectivity index is 1.25. The summed E-state index contributed by atoms with van der Waals surface area (Å²) in [7, 11) is 0. The second-order valence-electron chi connectivity index (χ2n) is 8.48. The zero-order valence-corrected chi connectivity index (χ0v) is 19.9. The molecular formula is C23H29Cl2N5O2. The predicted octanol–water partition coefficient (Wildman–Crippen LogP) is 3.76. The molecule has 0 saturated carbocycles. The number of carbonyl (C=O) groups excluding carboxylic acids is 1. The summed E-state index contributed by atoms with van der Waals surface area (Å²) in [6.07, 6.45) is 2.03. The van der Waals surface area contributed by atoms with Crippen molar-refractivity contribution in [2.24, 2.45) is 0 Å². The average molecular weight is 478 g/mol. The minimum Gasteiger partial charge on any atom is -0.372 e. The van der Waals surface area contributed by atoms with E-state index in [0.717, 1.165) is 56.5 Å². The molecule has 1 amide bonds. The summed E-state index contributed by atoms with van der Waals surface area (Å²) in [6, 6.07) is 9.75. The van der Waals surface area contributed by atoms with E-state index in [2.05, 4.69) is 51.0 Å². The smallest absolute Gasteiger partial charge is 0.238 e. The van der Waals surface area contributed by atoms with Crippen molar-refractivity contribution in [2.75, 3.05) is 60.9 Å². The number of amides is 1. The number of nitrogens with one attached hydrogen (secondary N) is 1. The van der Waals surface area contributed by atoms with Gasteiger partial charge in [-0.1, -0.05) is 23.2 Å². The molecule has 2 aliphatic rings. The lowest BCUT2D eigenvalue weighted by Crippen LogP contribution is -2.49. The van der Waals surface area contributed by atoms with Crippen LogP contribution in [0.25, 0.3) is 0 Å². The molecule has 4 rings (SSSR count). The predicted molar refractivity (Wildman–Crippen MR) is 130 cm³/mol.